The third kappa shape index (κ3) is 3.60. The molecule has 1 aromatic rings. The van der Waals surface area contributed by atoms with E-state index in [1.54, 1.807) is 4.90 Å². The van der Waals surface area contributed by atoms with Gasteiger partial charge in [-0.2, -0.15) is 0 Å². The zero-order chi connectivity index (χ0) is 15.4. The number of hydrogen-bond donors (Lipinski definition) is 2. The van der Waals surface area contributed by atoms with Crippen molar-refractivity contribution in [2.24, 2.45) is 5.92 Å². The Balaban J connectivity index is 2.26. The van der Waals surface area contributed by atoms with E-state index in [0.29, 0.717) is 25.1 Å². The molecule has 112 valence electrons. The minimum atomic E-state index is -0.476. The molecule has 1 aliphatic heterocycles. The van der Waals surface area contributed by atoms with Gasteiger partial charge in [-0.1, -0.05) is 18.8 Å². The number of aliphatic hydroxyl groups is 2. The number of rotatable bonds is 1. The lowest BCUT2D eigenvalue weighted by atomic mass is 9.95. The molecule has 0 aromatic heterocycles. The first-order valence-electron chi connectivity index (χ1n) is 6.89. The van der Waals surface area contributed by atoms with Gasteiger partial charge in [0, 0.05) is 18.7 Å². The molecule has 2 rings (SSSR count). The van der Waals surface area contributed by atoms with E-state index in [2.05, 4.69) is 11.8 Å². The lowest BCUT2D eigenvalue weighted by Gasteiger charge is -2.34. The van der Waals surface area contributed by atoms with E-state index in [9.17, 15) is 14.3 Å². The minimum Gasteiger partial charge on any atom is -0.393 e. The molecule has 0 radical (unpaired) electrons. The molecule has 0 bridgehead atoms. The number of carbonyl (C=O) groups excluding carboxylic acids is 1. The predicted molar refractivity (Wildman–Crippen MR) is 76.1 cm³/mol. The predicted octanol–water partition coefficient (Wildman–Crippen LogP) is 1.01. The zero-order valence-electron chi connectivity index (χ0n) is 11.8. The van der Waals surface area contributed by atoms with Crippen LogP contribution in [0, 0.1) is 23.6 Å². The van der Waals surface area contributed by atoms with Crippen molar-refractivity contribution >= 4 is 5.91 Å². The Hall–Kier alpha value is -1.90. The van der Waals surface area contributed by atoms with E-state index in [-0.39, 0.29) is 24.0 Å². The Morgan fingerprint density at radius 3 is 2.95 bits per heavy atom. The highest BCUT2D eigenvalue weighted by Gasteiger charge is 2.28. The summed E-state index contributed by atoms with van der Waals surface area (Å²) in [7, 11) is 0. The van der Waals surface area contributed by atoms with Crippen molar-refractivity contribution in [2.75, 3.05) is 19.7 Å². The van der Waals surface area contributed by atoms with E-state index in [1.165, 1.54) is 18.2 Å². The van der Waals surface area contributed by atoms with Crippen molar-refractivity contribution in [3.63, 3.8) is 0 Å². The molecule has 4 nitrogen and oxygen atoms in total. The van der Waals surface area contributed by atoms with Crippen molar-refractivity contribution in [1.82, 2.24) is 4.90 Å². The summed E-state index contributed by atoms with van der Waals surface area (Å²) in [5, 5.41) is 18.5. The normalized spacial score (nSPS) is 21.6. The third-order valence-corrected chi connectivity index (χ3v) is 3.66. The van der Waals surface area contributed by atoms with Gasteiger partial charge in [-0.15, -0.1) is 0 Å². The van der Waals surface area contributed by atoms with Gasteiger partial charge < -0.3 is 15.1 Å². The Kier molecular flexibility index (Phi) is 4.94. The SMILES string of the molecule is CC1CN(C(=O)c2ccc(F)cc2C#CCO)CCC1O. The summed E-state index contributed by atoms with van der Waals surface area (Å²) in [5.41, 5.74) is 0.591. The van der Waals surface area contributed by atoms with Crippen LogP contribution in [-0.4, -0.2) is 46.8 Å². The summed E-state index contributed by atoms with van der Waals surface area (Å²) in [6.45, 7) is 2.47. The van der Waals surface area contributed by atoms with Crippen LogP contribution < -0.4 is 0 Å². The van der Waals surface area contributed by atoms with Gasteiger partial charge in [-0.3, -0.25) is 4.79 Å². The second kappa shape index (κ2) is 6.70. The van der Waals surface area contributed by atoms with Gasteiger partial charge in [0.25, 0.3) is 5.91 Å². The van der Waals surface area contributed by atoms with Gasteiger partial charge in [0.05, 0.1) is 11.7 Å². The maximum atomic E-state index is 13.3. The number of halogens is 1. The largest absolute Gasteiger partial charge is 0.393 e. The molecule has 1 heterocycles. The summed E-state index contributed by atoms with van der Waals surface area (Å²) >= 11 is 0. The fourth-order valence-electron chi connectivity index (χ4n) is 2.43. The number of piperidine rings is 1. The number of hydrogen-bond acceptors (Lipinski definition) is 3. The molecule has 0 saturated carbocycles. The zero-order valence-corrected chi connectivity index (χ0v) is 11.8. The van der Waals surface area contributed by atoms with E-state index >= 15 is 0 Å². The lowest BCUT2D eigenvalue weighted by Crippen LogP contribution is -2.45. The number of nitrogens with zero attached hydrogens (tertiary/aromatic N) is 1. The highest BCUT2D eigenvalue weighted by atomic mass is 19.1. The molecule has 0 spiro atoms. The summed E-state index contributed by atoms with van der Waals surface area (Å²) in [6, 6.07) is 3.83. The molecule has 1 fully saturated rings. The van der Waals surface area contributed by atoms with E-state index in [4.69, 9.17) is 5.11 Å². The molecule has 2 atom stereocenters. The molecule has 2 unspecified atom stereocenters. The number of carbonyl (C=O) groups is 1. The van der Waals surface area contributed by atoms with Crippen molar-refractivity contribution in [1.29, 1.82) is 0 Å². The minimum absolute atomic E-state index is 0.00937. The van der Waals surface area contributed by atoms with Crippen LogP contribution in [0.15, 0.2) is 18.2 Å². The van der Waals surface area contributed by atoms with Crippen LogP contribution in [0.25, 0.3) is 0 Å². The second-order valence-electron chi connectivity index (χ2n) is 5.23. The quantitative estimate of drug-likeness (QED) is 0.759. The summed E-state index contributed by atoms with van der Waals surface area (Å²) in [4.78, 5) is 14.2. The van der Waals surface area contributed by atoms with Crippen LogP contribution in [0.2, 0.25) is 0 Å². The fraction of sp³-hybridized carbons (Fsp3) is 0.438. The number of amides is 1. The summed E-state index contributed by atoms with van der Waals surface area (Å²) in [5.74, 6) is 4.35. The molecule has 1 aromatic carbocycles. The monoisotopic (exact) mass is 291 g/mol. The maximum Gasteiger partial charge on any atom is 0.255 e. The molecule has 0 aliphatic carbocycles. The molecule has 1 aliphatic rings. The van der Waals surface area contributed by atoms with Crippen LogP contribution in [0.5, 0.6) is 0 Å². The topological polar surface area (TPSA) is 60.8 Å². The van der Waals surface area contributed by atoms with Crippen molar-refractivity contribution < 1.29 is 19.4 Å². The first-order valence-corrected chi connectivity index (χ1v) is 6.89. The maximum absolute atomic E-state index is 13.3. The Morgan fingerprint density at radius 1 is 1.52 bits per heavy atom. The van der Waals surface area contributed by atoms with Gasteiger partial charge in [-0.05, 0) is 30.5 Å². The van der Waals surface area contributed by atoms with Crippen molar-refractivity contribution in [2.45, 2.75) is 19.4 Å². The van der Waals surface area contributed by atoms with E-state index in [0.717, 1.165) is 0 Å². The Labute approximate surface area is 123 Å². The molecule has 2 N–H and O–H groups in total. The van der Waals surface area contributed by atoms with Crippen molar-refractivity contribution in [3.05, 3.63) is 35.1 Å². The molecule has 21 heavy (non-hydrogen) atoms. The number of aliphatic hydroxyl groups excluding tert-OH is 2. The molecule has 1 amide bonds. The number of benzene rings is 1. The number of likely N-dealkylation sites (tertiary alicyclic amines) is 1. The van der Waals surface area contributed by atoms with Crippen molar-refractivity contribution in [3.8, 4) is 11.8 Å². The average molecular weight is 291 g/mol. The Morgan fingerprint density at radius 2 is 2.29 bits per heavy atom. The van der Waals surface area contributed by atoms with Gasteiger partial charge in [0.2, 0.25) is 0 Å². The first-order chi connectivity index (χ1) is 10.0. The van der Waals surface area contributed by atoms with Gasteiger partial charge >= 0.3 is 0 Å². The first kappa shape index (κ1) is 15.5. The van der Waals surface area contributed by atoms with Crippen LogP contribution in [-0.2, 0) is 0 Å². The van der Waals surface area contributed by atoms with Crippen LogP contribution in [0.1, 0.15) is 29.3 Å². The van der Waals surface area contributed by atoms with E-state index in [1.807, 2.05) is 6.92 Å². The highest BCUT2D eigenvalue weighted by Crippen LogP contribution is 2.20. The van der Waals surface area contributed by atoms with Gasteiger partial charge in [0.15, 0.2) is 0 Å². The molecule has 1 saturated heterocycles. The summed E-state index contributed by atoms with van der Waals surface area (Å²) in [6.07, 6.45) is 0.141. The smallest absolute Gasteiger partial charge is 0.255 e. The van der Waals surface area contributed by atoms with Crippen LogP contribution in [0.4, 0.5) is 4.39 Å². The van der Waals surface area contributed by atoms with E-state index < -0.39 is 11.9 Å². The Bertz CT molecular complexity index is 591. The fourth-order valence-corrected chi connectivity index (χ4v) is 2.43. The third-order valence-electron chi connectivity index (χ3n) is 3.66. The second-order valence-corrected chi connectivity index (χ2v) is 5.23. The van der Waals surface area contributed by atoms with Gasteiger partial charge in [0.1, 0.15) is 12.4 Å². The van der Waals surface area contributed by atoms with Crippen LogP contribution >= 0.6 is 0 Å². The summed E-state index contributed by atoms with van der Waals surface area (Å²) < 4.78 is 13.3. The molecular weight excluding hydrogens is 273 g/mol. The average Bonchev–Trinajstić information content (AvgIpc) is 2.47. The van der Waals surface area contributed by atoms with Gasteiger partial charge in [-0.25, -0.2) is 4.39 Å². The lowest BCUT2D eigenvalue weighted by molar-refractivity contribution is 0.0297. The highest BCUT2D eigenvalue weighted by molar-refractivity contribution is 5.96. The molecule has 5 heteroatoms. The molecular formula is C16H18FNO3. The standard InChI is InChI=1S/C16H18FNO3/c1-11-10-18(7-6-15(11)20)16(21)14-5-4-13(17)9-12(14)3-2-8-19/h4-5,9,11,15,19-20H,6-8,10H2,1H3. The van der Waals surface area contributed by atoms with Crippen LogP contribution in [0.3, 0.4) is 0 Å².